The number of thiophene rings is 1. The number of hydrogen-bond donors (Lipinski definition) is 2. The number of carboxylic acid groups (broad SMARTS) is 1. The van der Waals surface area contributed by atoms with E-state index in [1.165, 1.54) is 10.8 Å². The van der Waals surface area contributed by atoms with Crippen molar-refractivity contribution in [2.75, 3.05) is 0 Å². The Balaban J connectivity index is 1.35. The summed E-state index contributed by atoms with van der Waals surface area (Å²) in [6.07, 6.45) is 2.04. The highest BCUT2D eigenvalue weighted by Gasteiger charge is 2.17. The van der Waals surface area contributed by atoms with Crippen LogP contribution in [0.2, 0.25) is 0 Å². The standard InChI is InChI=1S/C32H24N2O3S/c35-31(33-19-21-7-11-24(12-8-21)32(36)37)28-18-27(29-6-3-15-38-29)17-26-13-14-34(30(26)28)20-22-9-10-23-4-1-2-5-25(23)16-22/h1-18H,19-20H2,(H,33,35)(H,36,37). The first-order valence-electron chi connectivity index (χ1n) is 12.3. The fraction of sp³-hybridized carbons (Fsp3) is 0.0625. The van der Waals surface area contributed by atoms with Gasteiger partial charge in [-0.2, -0.15) is 0 Å². The average molecular weight is 517 g/mol. The molecule has 2 N–H and O–H groups in total. The van der Waals surface area contributed by atoms with Crippen LogP contribution < -0.4 is 5.32 Å². The molecule has 2 heterocycles. The molecule has 0 aliphatic carbocycles. The predicted octanol–water partition coefficient (Wildman–Crippen LogP) is 7.20. The van der Waals surface area contributed by atoms with Crippen molar-refractivity contribution in [3.05, 3.63) is 131 Å². The topological polar surface area (TPSA) is 71.3 Å². The van der Waals surface area contributed by atoms with Crippen molar-refractivity contribution in [1.82, 2.24) is 9.88 Å². The van der Waals surface area contributed by atoms with Crippen LogP contribution in [0.25, 0.3) is 32.1 Å². The Labute approximate surface area is 223 Å². The summed E-state index contributed by atoms with van der Waals surface area (Å²) in [5.74, 6) is -1.14. The van der Waals surface area contributed by atoms with Gasteiger partial charge in [-0.25, -0.2) is 4.79 Å². The van der Waals surface area contributed by atoms with E-state index in [1.54, 1.807) is 35.6 Å². The second kappa shape index (κ2) is 10.00. The molecule has 0 radical (unpaired) electrons. The molecular weight excluding hydrogens is 492 g/mol. The van der Waals surface area contributed by atoms with Gasteiger partial charge in [-0.3, -0.25) is 4.79 Å². The van der Waals surface area contributed by atoms with Gasteiger partial charge in [0, 0.05) is 29.5 Å². The number of nitrogens with zero attached hydrogens (tertiary/aromatic N) is 1. The lowest BCUT2D eigenvalue weighted by Gasteiger charge is -2.13. The number of hydrogen-bond acceptors (Lipinski definition) is 3. The average Bonchev–Trinajstić information content (AvgIpc) is 3.62. The van der Waals surface area contributed by atoms with Gasteiger partial charge in [-0.05, 0) is 75.3 Å². The van der Waals surface area contributed by atoms with Crippen molar-refractivity contribution < 1.29 is 14.7 Å². The fourth-order valence-corrected chi connectivity index (χ4v) is 5.53. The van der Waals surface area contributed by atoms with Gasteiger partial charge in [0.25, 0.3) is 5.91 Å². The minimum Gasteiger partial charge on any atom is -0.478 e. The predicted molar refractivity (Wildman–Crippen MR) is 153 cm³/mol. The lowest BCUT2D eigenvalue weighted by Crippen LogP contribution is -2.23. The van der Waals surface area contributed by atoms with Crippen molar-refractivity contribution in [2.45, 2.75) is 13.1 Å². The van der Waals surface area contributed by atoms with Crippen molar-refractivity contribution in [3.63, 3.8) is 0 Å². The van der Waals surface area contributed by atoms with E-state index in [0.717, 1.165) is 32.5 Å². The van der Waals surface area contributed by atoms with Crippen LogP contribution in [0.5, 0.6) is 0 Å². The van der Waals surface area contributed by atoms with Gasteiger partial charge in [0.05, 0.1) is 16.6 Å². The van der Waals surface area contributed by atoms with Gasteiger partial charge < -0.3 is 15.0 Å². The van der Waals surface area contributed by atoms with E-state index >= 15 is 0 Å². The number of carbonyl (C=O) groups excluding carboxylic acids is 1. The van der Waals surface area contributed by atoms with E-state index in [4.69, 9.17) is 5.11 Å². The van der Waals surface area contributed by atoms with Gasteiger partial charge in [0.15, 0.2) is 0 Å². The second-order valence-electron chi connectivity index (χ2n) is 9.25. The maximum atomic E-state index is 13.6. The highest BCUT2D eigenvalue weighted by molar-refractivity contribution is 7.13. The Morgan fingerprint density at radius 2 is 1.58 bits per heavy atom. The zero-order valence-electron chi connectivity index (χ0n) is 20.4. The summed E-state index contributed by atoms with van der Waals surface area (Å²) < 4.78 is 2.13. The molecule has 2 aromatic heterocycles. The number of aromatic carboxylic acids is 1. The summed E-state index contributed by atoms with van der Waals surface area (Å²) in [7, 11) is 0. The van der Waals surface area contributed by atoms with E-state index in [2.05, 4.69) is 58.4 Å². The Hall–Kier alpha value is -4.68. The van der Waals surface area contributed by atoms with Gasteiger partial charge in [-0.15, -0.1) is 11.3 Å². The molecule has 0 unspecified atom stereocenters. The first-order chi connectivity index (χ1) is 18.5. The van der Waals surface area contributed by atoms with Gasteiger partial charge in [-0.1, -0.05) is 54.6 Å². The molecule has 6 heteroatoms. The summed E-state index contributed by atoms with van der Waals surface area (Å²) in [6, 6.07) is 31.6. The molecule has 4 aromatic carbocycles. The van der Waals surface area contributed by atoms with Crippen LogP contribution in [-0.2, 0) is 13.1 Å². The van der Waals surface area contributed by atoms with E-state index in [9.17, 15) is 9.59 Å². The normalized spacial score (nSPS) is 11.2. The summed E-state index contributed by atoms with van der Waals surface area (Å²) in [6.45, 7) is 0.943. The smallest absolute Gasteiger partial charge is 0.335 e. The molecule has 1 amide bonds. The van der Waals surface area contributed by atoms with E-state index in [-0.39, 0.29) is 11.5 Å². The zero-order chi connectivity index (χ0) is 26.1. The minimum absolute atomic E-state index is 0.172. The number of amides is 1. The third-order valence-corrected chi connectivity index (χ3v) is 7.65. The molecule has 0 saturated carbocycles. The second-order valence-corrected chi connectivity index (χ2v) is 10.2. The molecule has 0 atom stereocenters. The first-order valence-corrected chi connectivity index (χ1v) is 13.2. The summed E-state index contributed by atoms with van der Waals surface area (Å²) in [5.41, 5.74) is 4.72. The Morgan fingerprint density at radius 3 is 2.34 bits per heavy atom. The van der Waals surface area contributed by atoms with E-state index in [1.807, 2.05) is 35.8 Å². The summed E-state index contributed by atoms with van der Waals surface area (Å²) in [4.78, 5) is 25.8. The molecule has 0 fully saturated rings. The third-order valence-electron chi connectivity index (χ3n) is 6.73. The van der Waals surface area contributed by atoms with E-state index in [0.29, 0.717) is 18.7 Å². The number of rotatable bonds is 7. The molecule has 6 rings (SSSR count). The molecule has 38 heavy (non-hydrogen) atoms. The molecule has 0 bridgehead atoms. The maximum Gasteiger partial charge on any atom is 0.335 e. The fourth-order valence-electron chi connectivity index (χ4n) is 4.82. The molecule has 0 saturated heterocycles. The lowest BCUT2D eigenvalue weighted by atomic mass is 10.0. The number of carbonyl (C=O) groups is 2. The van der Waals surface area contributed by atoms with Crippen molar-refractivity contribution in [1.29, 1.82) is 0 Å². The Bertz CT molecular complexity index is 1780. The van der Waals surface area contributed by atoms with Crippen LogP contribution in [0.3, 0.4) is 0 Å². The molecule has 0 aliphatic rings. The number of benzene rings is 4. The number of aromatic nitrogens is 1. The van der Waals surface area contributed by atoms with E-state index < -0.39 is 5.97 Å². The lowest BCUT2D eigenvalue weighted by molar-refractivity contribution is 0.0696. The van der Waals surface area contributed by atoms with Crippen LogP contribution in [0.15, 0.2) is 109 Å². The number of carboxylic acids is 1. The van der Waals surface area contributed by atoms with Crippen molar-refractivity contribution >= 4 is 44.9 Å². The Kier molecular flexibility index (Phi) is 6.23. The molecular formula is C32H24N2O3S. The van der Waals surface area contributed by atoms with Crippen LogP contribution >= 0.6 is 11.3 Å². The van der Waals surface area contributed by atoms with Crippen LogP contribution in [0, 0.1) is 0 Å². The van der Waals surface area contributed by atoms with Crippen molar-refractivity contribution in [2.24, 2.45) is 0 Å². The molecule has 5 nitrogen and oxygen atoms in total. The largest absolute Gasteiger partial charge is 0.478 e. The molecule has 186 valence electrons. The SMILES string of the molecule is O=C(O)c1ccc(CNC(=O)c2cc(-c3cccs3)cc3ccn(Cc4ccc5ccccc5c4)c23)cc1. The van der Waals surface area contributed by atoms with Crippen LogP contribution in [0.4, 0.5) is 0 Å². The minimum atomic E-state index is -0.972. The first kappa shape index (κ1) is 23.7. The molecule has 6 aromatic rings. The van der Waals surface area contributed by atoms with Gasteiger partial charge in [0.2, 0.25) is 0 Å². The molecule has 0 aliphatic heterocycles. The van der Waals surface area contributed by atoms with Gasteiger partial charge >= 0.3 is 5.97 Å². The monoisotopic (exact) mass is 516 g/mol. The third kappa shape index (κ3) is 4.69. The van der Waals surface area contributed by atoms with Gasteiger partial charge in [0.1, 0.15) is 0 Å². The number of fused-ring (bicyclic) bond motifs is 2. The highest BCUT2D eigenvalue weighted by atomic mass is 32.1. The highest BCUT2D eigenvalue weighted by Crippen LogP contribution is 2.32. The Morgan fingerprint density at radius 1 is 0.789 bits per heavy atom. The van der Waals surface area contributed by atoms with Crippen LogP contribution in [-0.4, -0.2) is 21.6 Å². The van der Waals surface area contributed by atoms with Crippen molar-refractivity contribution in [3.8, 4) is 10.4 Å². The zero-order valence-corrected chi connectivity index (χ0v) is 21.2. The van der Waals surface area contributed by atoms with Crippen LogP contribution in [0.1, 0.15) is 31.8 Å². The number of nitrogens with one attached hydrogen (secondary N) is 1. The maximum absolute atomic E-state index is 13.6. The summed E-state index contributed by atoms with van der Waals surface area (Å²) >= 11 is 1.64. The quantitative estimate of drug-likeness (QED) is 0.236. The molecule has 0 spiro atoms. The summed E-state index contributed by atoms with van der Waals surface area (Å²) in [5, 5.41) is 17.6.